The average molecular weight is 270 g/mol. The normalized spacial score (nSPS) is 10.4. The van der Waals surface area contributed by atoms with Gasteiger partial charge in [-0.1, -0.05) is 24.3 Å². The van der Waals surface area contributed by atoms with Crippen molar-refractivity contribution in [2.75, 3.05) is 18.5 Å². The van der Waals surface area contributed by atoms with Crippen LogP contribution in [0.5, 0.6) is 0 Å². The number of rotatable bonds is 9. The molecule has 0 N–H and O–H groups in total. The Morgan fingerprint density at radius 1 is 1.40 bits per heavy atom. The minimum atomic E-state index is 0.431. The molecule has 3 nitrogen and oxygen atoms in total. The molecule has 1 rings (SSSR count). The average Bonchev–Trinajstić information content (AvgIpc) is 2.47. The molecular weight excluding hydrogens is 248 g/mol. The maximum Gasteiger partial charge on any atom is 0.123 e. The molecular formula is C17H22N2O. The van der Waals surface area contributed by atoms with Gasteiger partial charge in [0, 0.05) is 20.0 Å². The van der Waals surface area contributed by atoms with E-state index >= 15 is 0 Å². The number of hydrogen-bond acceptors (Lipinski definition) is 3. The largest absolute Gasteiger partial charge is 0.373 e. The van der Waals surface area contributed by atoms with E-state index < -0.39 is 0 Å². The van der Waals surface area contributed by atoms with Gasteiger partial charge in [0.1, 0.15) is 6.29 Å². The highest BCUT2D eigenvalue weighted by Crippen LogP contribution is 2.29. The lowest BCUT2D eigenvalue weighted by Crippen LogP contribution is -2.18. The first-order chi connectivity index (χ1) is 9.72. The minimum absolute atomic E-state index is 0.431. The summed E-state index contributed by atoms with van der Waals surface area (Å²) >= 11 is 0. The van der Waals surface area contributed by atoms with E-state index in [0.717, 1.165) is 42.6 Å². The smallest absolute Gasteiger partial charge is 0.123 e. The summed E-state index contributed by atoms with van der Waals surface area (Å²) in [5.74, 6) is 0. The highest BCUT2D eigenvalue weighted by molar-refractivity contribution is 5.73. The quantitative estimate of drug-likeness (QED) is 0.294. The first kappa shape index (κ1) is 15.9. The van der Waals surface area contributed by atoms with E-state index in [1.165, 1.54) is 0 Å². The fourth-order valence-corrected chi connectivity index (χ4v) is 1.95. The fraction of sp³-hybridized carbons (Fsp3) is 0.294. The van der Waals surface area contributed by atoms with E-state index in [1.54, 1.807) is 0 Å². The molecule has 0 heterocycles. The summed E-state index contributed by atoms with van der Waals surface area (Å²) in [5.41, 5.74) is 2.95. The van der Waals surface area contributed by atoms with Crippen LogP contribution >= 0.6 is 0 Å². The van der Waals surface area contributed by atoms with Crippen molar-refractivity contribution in [1.29, 1.82) is 0 Å². The zero-order valence-corrected chi connectivity index (χ0v) is 12.1. The van der Waals surface area contributed by atoms with Crippen LogP contribution in [-0.4, -0.2) is 26.6 Å². The number of anilines is 1. The topological polar surface area (TPSA) is 32.7 Å². The van der Waals surface area contributed by atoms with E-state index in [9.17, 15) is 4.79 Å². The third-order valence-electron chi connectivity index (χ3n) is 3.03. The van der Waals surface area contributed by atoms with E-state index in [1.807, 2.05) is 36.4 Å². The number of carbonyl (C=O) groups is 1. The molecule has 0 aliphatic heterocycles. The van der Waals surface area contributed by atoms with Crippen molar-refractivity contribution in [3.63, 3.8) is 0 Å². The molecule has 0 spiro atoms. The molecule has 0 saturated carbocycles. The first-order valence-electron chi connectivity index (χ1n) is 6.76. The number of hydrogen-bond donors (Lipinski definition) is 0. The van der Waals surface area contributed by atoms with Crippen LogP contribution in [0.2, 0.25) is 0 Å². The summed E-state index contributed by atoms with van der Waals surface area (Å²) in [6, 6.07) is 6.04. The second kappa shape index (κ2) is 8.86. The predicted molar refractivity (Wildman–Crippen MR) is 88.1 cm³/mol. The molecule has 0 saturated heterocycles. The Labute approximate surface area is 121 Å². The lowest BCUT2D eigenvalue weighted by molar-refractivity contribution is -0.107. The van der Waals surface area contributed by atoms with Crippen molar-refractivity contribution in [3.8, 4) is 0 Å². The molecule has 0 aliphatic rings. The van der Waals surface area contributed by atoms with Crippen molar-refractivity contribution in [2.24, 2.45) is 4.99 Å². The molecule has 3 heteroatoms. The van der Waals surface area contributed by atoms with E-state index in [-0.39, 0.29) is 0 Å². The summed E-state index contributed by atoms with van der Waals surface area (Å²) in [4.78, 5) is 16.6. The molecule has 0 amide bonds. The van der Waals surface area contributed by atoms with Crippen molar-refractivity contribution >= 4 is 30.5 Å². The van der Waals surface area contributed by atoms with Crippen molar-refractivity contribution < 1.29 is 4.79 Å². The van der Waals surface area contributed by atoms with E-state index in [2.05, 4.69) is 30.2 Å². The van der Waals surface area contributed by atoms with Gasteiger partial charge in [0.05, 0.1) is 11.4 Å². The Morgan fingerprint density at radius 3 is 2.85 bits per heavy atom. The van der Waals surface area contributed by atoms with Gasteiger partial charge in [-0.25, -0.2) is 0 Å². The standard InChI is InChI=1S/C17H22N2O/c1-4-5-7-12-19(3)17-11-10-15(9-6-8-13-20)14-16(17)18-2/h4,6,9-11,13-14H,1-2,5,7-8,12H2,3H3/b9-6+. The number of allylic oxidation sites excluding steroid dienone is 2. The third-order valence-corrected chi connectivity index (χ3v) is 3.03. The van der Waals surface area contributed by atoms with Gasteiger partial charge >= 0.3 is 0 Å². The first-order valence-corrected chi connectivity index (χ1v) is 6.76. The van der Waals surface area contributed by atoms with Gasteiger partial charge < -0.3 is 9.69 Å². The molecule has 0 aromatic heterocycles. The van der Waals surface area contributed by atoms with Gasteiger partial charge in [-0.3, -0.25) is 4.99 Å². The SMILES string of the molecule is C=CCCCN(C)c1ccc(/C=C/CC=O)cc1N=C. The monoisotopic (exact) mass is 270 g/mol. The number of aliphatic imine (C=N–C) groups is 1. The van der Waals surface area contributed by atoms with Crippen LogP contribution in [0.25, 0.3) is 6.08 Å². The van der Waals surface area contributed by atoms with Crippen molar-refractivity contribution in [2.45, 2.75) is 19.3 Å². The van der Waals surface area contributed by atoms with Crippen LogP contribution in [0.15, 0.2) is 41.9 Å². The van der Waals surface area contributed by atoms with Crippen LogP contribution in [-0.2, 0) is 4.79 Å². The zero-order chi connectivity index (χ0) is 14.8. The van der Waals surface area contributed by atoms with Crippen LogP contribution in [0.4, 0.5) is 11.4 Å². The maximum atomic E-state index is 10.3. The van der Waals surface area contributed by atoms with Gasteiger partial charge in [0.25, 0.3) is 0 Å². The molecule has 0 bridgehead atoms. The number of unbranched alkanes of at least 4 members (excludes halogenated alkanes) is 1. The summed E-state index contributed by atoms with van der Waals surface area (Å²) in [6.45, 7) is 8.32. The Kier molecular flexibility index (Phi) is 7.04. The Bertz CT molecular complexity index is 492. The minimum Gasteiger partial charge on any atom is -0.373 e. The van der Waals surface area contributed by atoms with Gasteiger partial charge in [0.2, 0.25) is 0 Å². The number of nitrogens with zero attached hydrogens (tertiary/aromatic N) is 2. The molecule has 1 aromatic rings. The molecule has 106 valence electrons. The lowest BCUT2D eigenvalue weighted by Gasteiger charge is -2.21. The highest BCUT2D eigenvalue weighted by atomic mass is 16.1. The summed E-state index contributed by atoms with van der Waals surface area (Å²) in [5, 5.41) is 0. The Balaban J connectivity index is 2.84. The maximum absolute atomic E-state index is 10.3. The summed E-state index contributed by atoms with van der Waals surface area (Å²) in [7, 11) is 2.05. The van der Waals surface area contributed by atoms with Crippen LogP contribution in [0, 0.1) is 0 Å². The highest BCUT2D eigenvalue weighted by Gasteiger charge is 2.06. The second-order valence-corrected chi connectivity index (χ2v) is 4.56. The molecule has 20 heavy (non-hydrogen) atoms. The van der Waals surface area contributed by atoms with Gasteiger partial charge in [-0.05, 0) is 37.3 Å². The van der Waals surface area contributed by atoms with Crippen molar-refractivity contribution in [3.05, 3.63) is 42.5 Å². The van der Waals surface area contributed by atoms with Crippen LogP contribution < -0.4 is 4.90 Å². The molecule has 0 radical (unpaired) electrons. The summed E-state index contributed by atoms with van der Waals surface area (Å²) in [6.07, 6.45) is 9.07. The predicted octanol–water partition coefficient (Wildman–Crippen LogP) is 4.02. The van der Waals surface area contributed by atoms with Crippen LogP contribution in [0.3, 0.4) is 0 Å². The fourth-order valence-electron chi connectivity index (χ4n) is 1.95. The summed E-state index contributed by atoms with van der Waals surface area (Å²) < 4.78 is 0. The molecule has 0 aliphatic carbocycles. The molecule has 0 fully saturated rings. The Hall–Kier alpha value is -2.16. The zero-order valence-electron chi connectivity index (χ0n) is 12.1. The van der Waals surface area contributed by atoms with E-state index in [0.29, 0.717) is 6.42 Å². The second-order valence-electron chi connectivity index (χ2n) is 4.56. The molecule has 1 aromatic carbocycles. The van der Waals surface area contributed by atoms with Gasteiger partial charge in [-0.15, -0.1) is 6.58 Å². The van der Waals surface area contributed by atoms with Gasteiger partial charge in [-0.2, -0.15) is 0 Å². The van der Waals surface area contributed by atoms with Crippen molar-refractivity contribution in [1.82, 2.24) is 0 Å². The lowest BCUT2D eigenvalue weighted by atomic mass is 10.1. The number of aldehydes is 1. The third kappa shape index (κ3) is 4.84. The molecule has 0 atom stereocenters. The Morgan fingerprint density at radius 2 is 2.20 bits per heavy atom. The van der Waals surface area contributed by atoms with E-state index in [4.69, 9.17) is 0 Å². The number of carbonyl (C=O) groups excluding carboxylic acids is 1. The number of benzene rings is 1. The van der Waals surface area contributed by atoms with Crippen LogP contribution in [0.1, 0.15) is 24.8 Å². The molecule has 0 unspecified atom stereocenters. The van der Waals surface area contributed by atoms with Gasteiger partial charge in [0.15, 0.2) is 0 Å².